The summed E-state index contributed by atoms with van der Waals surface area (Å²) in [5, 5.41) is 36.9. The van der Waals surface area contributed by atoms with Crippen molar-refractivity contribution < 1.29 is 39.3 Å². The number of oxime groups is 1. The quantitative estimate of drug-likeness (QED) is 0.0798. The van der Waals surface area contributed by atoms with Crippen molar-refractivity contribution in [2.45, 2.75) is 16.5 Å². The van der Waals surface area contributed by atoms with Gasteiger partial charge in [-0.2, -0.15) is 0 Å². The van der Waals surface area contributed by atoms with Crippen molar-refractivity contribution in [3.05, 3.63) is 34.1 Å². The van der Waals surface area contributed by atoms with Gasteiger partial charge in [0.15, 0.2) is 10.8 Å². The number of β-lactam (4-membered cyclic amide) rings is 1. The van der Waals surface area contributed by atoms with E-state index < -0.39 is 45.8 Å². The predicted molar refractivity (Wildman–Crippen MR) is 144 cm³/mol. The smallest absolute Gasteiger partial charge is 0.352 e. The molecule has 210 valence electrons. The molecule has 3 atom stereocenters. The number of amides is 2. The lowest BCUT2D eigenvalue weighted by Crippen LogP contribution is -2.71. The Hall–Kier alpha value is -4.14. The van der Waals surface area contributed by atoms with Crippen molar-refractivity contribution in [2.75, 3.05) is 24.3 Å². The molecule has 1 saturated heterocycles. The lowest BCUT2D eigenvalue weighted by molar-refractivity contribution is -0.150. The van der Waals surface area contributed by atoms with Crippen LogP contribution < -0.4 is 16.5 Å². The highest BCUT2D eigenvalue weighted by Gasteiger charge is 2.55. The molecule has 40 heavy (non-hydrogen) atoms. The zero-order chi connectivity index (χ0) is 28.8. The number of anilines is 1. The molecule has 2 amide bonds. The summed E-state index contributed by atoms with van der Waals surface area (Å²) in [6.07, 6.45) is 2.18. The number of guanidine groups is 1. The summed E-state index contributed by atoms with van der Waals surface area (Å²) >= 11 is 2.99. The predicted octanol–water partition coefficient (Wildman–Crippen LogP) is -1.62. The second-order valence-corrected chi connectivity index (χ2v) is 11.3. The van der Waals surface area contributed by atoms with E-state index in [1.807, 2.05) is 0 Å². The van der Waals surface area contributed by atoms with Gasteiger partial charge in [0.1, 0.15) is 41.8 Å². The molecule has 7 N–H and O–H groups in total. The van der Waals surface area contributed by atoms with Gasteiger partial charge in [0, 0.05) is 23.1 Å². The maximum Gasteiger partial charge on any atom is 0.352 e. The van der Waals surface area contributed by atoms with E-state index in [4.69, 9.17) is 10.6 Å². The Morgan fingerprint density at radius 3 is 2.80 bits per heavy atom. The average Bonchev–Trinajstić information content (AvgIpc) is 3.58. The summed E-state index contributed by atoms with van der Waals surface area (Å²) in [6, 6.07) is -1.06. The summed E-state index contributed by atoms with van der Waals surface area (Å²) in [6.45, 7) is 0. The molecule has 1 unspecified atom stereocenters. The third-order valence-electron chi connectivity index (χ3n) is 5.91. The zero-order valence-corrected chi connectivity index (χ0v) is 22.6. The molecule has 0 aliphatic carbocycles. The molecular weight excluding hydrogens is 590 g/mol. The first-order valence-corrected chi connectivity index (χ1v) is 14.0. The number of carbonyl (C=O) groups excluding carboxylic acids is 2. The Labute approximate surface area is 236 Å². The third kappa shape index (κ3) is 4.53. The second kappa shape index (κ2) is 10.4. The van der Waals surface area contributed by atoms with E-state index in [9.17, 15) is 34.5 Å². The van der Waals surface area contributed by atoms with Crippen LogP contribution in [0.3, 0.4) is 0 Å². The number of hydrazine groups is 1. The lowest BCUT2D eigenvalue weighted by atomic mass is 10.0. The number of carboxylic acids is 2. The molecule has 20 heteroatoms. The number of nitrogen functional groups attached to an aromatic ring is 1. The molecule has 0 bridgehead atoms. The molecule has 0 saturated carbocycles. The van der Waals surface area contributed by atoms with E-state index in [1.165, 1.54) is 30.6 Å². The molecule has 1 aromatic rings. The molecule has 4 aliphatic heterocycles. The Morgan fingerprint density at radius 1 is 1.38 bits per heavy atom. The number of hydrogen-bond donors (Lipinski definition) is 6. The van der Waals surface area contributed by atoms with Crippen molar-refractivity contribution in [3.8, 4) is 0 Å². The van der Waals surface area contributed by atoms with Crippen molar-refractivity contribution >= 4 is 81.8 Å². The van der Waals surface area contributed by atoms with Gasteiger partial charge in [-0.3, -0.25) is 19.9 Å². The van der Waals surface area contributed by atoms with Crippen LogP contribution in [0.4, 0.5) is 5.13 Å². The largest absolute Gasteiger partial charge is 0.478 e. The highest BCUT2D eigenvalue weighted by atomic mass is 32.2. The minimum atomic E-state index is -2.19. The fraction of sp³-hybridized carbons (Fsp3) is 0.300. The van der Waals surface area contributed by atoms with Crippen molar-refractivity contribution in [1.29, 1.82) is 0 Å². The zero-order valence-electron chi connectivity index (χ0n) is 20.2. The topological polar surface area (TPSA) is 245 Å². The summed E-state index contributed by atoms with van der Waals surface area (Å²) in [5.74, 6) is -4.31. The number of nitrogens with two attached hydrogens (primary N) is 1. The van der Waals surface area contributed by atoms with E-state index in [-0.39, 0.29) is 45.3 Å². The molecule has 1 fully saturated rings. The van der Waals surface area contributed by atoms with Crippen LogP contribution >= 0.6 is 34.9 Å². The first-order valence-electron chi connectivity index (χ1n) is 11.1. The summed E-state index contributed by atoms with van der Waals surface area (Å²) in [5.41, 5.74) is 7.65. The molecule has 4 aliphatic rings. The average molecular weight is 610 g/mol. The highest BCUT2D eigenvalue weighted by Crippen LogP contribution is 2.44. The molecule has 0 aromatic carbocycles. The van der Waals surface area contributed by atoms with Crippen LogP contribution in [0.25, 0.3) is 0 Å². The highest BCUT2D eigenvalue weighted by molar-refractivity contribution is 8.01. The minimum absolute atomic E-state index is 0.0127. The van der Waals surface area contributed by atoms with Gasteiger partial charge in [-0.15, -0.1) is 23.1 Å². The number of fused-ring (bicyclic) bond motifs is 2. The van der Waals surface area contributed by atoms with Crippen molar-refractivity contribution in [2.24, 2.45) is 15.1 Å². The maximum absolute atomic E-state index is 13.1. The number of carboxylic acid groups (broad SMARTS) is 2. The molecule has 17 nitrogen and oxygen atoms in total. The van der Waals surface area contributed by atoms with E-state index in [0.29, 0.717) is 11.8 Å². The summed E-state index contributed by atoms with van der Waals surface area (Å²) in [7, 11) is 1.24. The number of aliphatic imine (C=N–C) groups is 2. The molecule has 1 aromatic heterocycles. The van der Waals surface area contributed by atoms with Crippen LogP contribution in [0.15, 0.2) is 43.6 Å². The first kappa shape index (κ1) is 27.4. The number of aromatic nitrogens is 1. The normalized spacial score (nSPS) is 25.4. The number of rotatable bonds is 9. The molecule has 5 rings (SSSR count). The van der Waals surface area contributed by atoms with Crippen LogP contribution in [-0.4, -0.2) is 107 Å². The lowest BCUT2D eigenvalue weighted by Gasteiger charge is -2.49. The van der Waals surface area contributed by atoms with Crippen molar-refractivity contribution in [3.63, 3.8) is 0 Å². The van der Waals surface area contributed by atoms with Gasteiger partial charge in [-0.05, 0) is 5.57 Å². The van der Waals surface area contributed by atoms with Gasteiger partial charge in [0.2, 0.25) is 11.0 Å². The van der Waals surface area contributed by atoms with Crippen LogP contribution in [0.1, 0.15) is 5.69 Å². The van der Waals surface area contributed by atoms with Gasteiger partial charge < -0.3 is 31.2 Å². The van der Waals surface area contributed by atoms with E-state index >= 15 is 0 Å². The van der Waals surface area contributed by atoms with Crippen LogP contribution in [0, 0.1) is 0 Å². The Bertz CT molecular complexity index is 1470. The van der Waals surface area contributed by atoms with Crippen LogP contribution in [0.2, 0.25) is 0 Å². The third-order valence-corrected chi connectivity index (χ3v) is 9.22. The fourth-order valence-corrected chi connectivity index (χ4v) is 7.32. The Kier molecular flexibility index (Phi) is 7.16. The van der Waals surface area contributed by atoms with E-state index in [0.717, 1.165) is 27.4 Å². The SMILES string of the molecule is CO/N=C(\C(=O)N[C@@H]1C(=O)N2C(C(=O)O)=C(CSC3(O)C(C(=O)O)=CN=C4N=CNN43)CS[C@H]12)c1csc(N)n1. The number of nitrogens with one attached hydrogen (secondary N) is 2. The summed E-state index contributed by atoms with van der Waals surface area (Å²) in [4.78, 5) is 67.6. The molecule has 5 heterocycles. The molecule has 0 radical (unpaired) electrons. The van der Waals surface area contributed by atoms with Gasteiger partial charge in [-0.1, -0.05) is 16.9 Å². The number of nitrogens with zero attached hydrogens (tertiary/aromatic N) is 6. The van der Waals surface area contributed by atoms with Gasteiger partial charge in [-0.25, -0.2) is 29.6 Å². The number of hydrogen-bond acceptors (Lipinski definition) is 16. The molecule has 0 spiro atoms. The van der Waals surface area contributed by atoms with Gasteiger partial charge >= 0.3 is 11.9 Å². The van der Waals surface area contributed by atoms with Crippen LogP contribution in [0.5, 0.6) is 0 Å². The first-order chi connectivity index (χ1) is 19.1. The standard InChI is InChI=1S/C20H19N9O8S3/c1-37-27-10(9-5-39-18(21)25-9)13(30)26-11-14(31)28-12(17(34)35)7(3-38-15(11)28)4-40-20(36)8(16(32)33)2-22-19-23-6-24-29(19)20/h2,5-6,11,15,36H,3-4H2,1H3,(H2,21,25)(H,26,30)(H,32,33)(H,34,35)(H,22,23,24)/b27-10-/t11-,15-,20?/m1/s1. The Balaban J connectivity index is 1.34. The maximum atomic E-state index is 13.1. The van der Waals surface area contributed by atoms with E-state index in [2.05, 4.69) is 30.9 Å². The number of thiazole rings is 1. The second-order valence-electron chi connectivity index (χ2n) is 8.21. The minimum Gasteiger partial charge on any atom is -0.478 e. The van der Waals surface area contributed by atoms with Crippen molar-refractivity contribution in [1.82, 2.24) is 25.6 Å². The molecular formula is C20H19N9O8S3. The monoisotopic (exact) mass is 609 g/mol. The number of thioether (sulfide) groups is 2. The van der Waals surface area contributed by atoms with Crippen LogP contribution in [-0.2, 0) is 24.0 Å². The van der Waals surface area contributed by atoms with Gasteiger partial charge in [0.25, 0.3) is 11.8 Å². The van der Waals surface area contributed by atoms with Gasteiger partial charge in [0.05, 0.1) is 0 Å². The van der Waals surface area contributed by atoms with E-state index in [1.54, 1.807) is 0 Å². The fourth-order valence-electron chi connectivity index (χ4n) is 4.12. The summed E-state index contributed by atoms with van der Waals surface area (Å²) < 4.78 is 0. The number of carbonyl (C=O) groups is 4. The number of aliphatic hydroxyl groups is 1. The Morgan fingerprint density at radius 2 is 2.15 bits per heavy atom. The number of aliphatic carboxylic acids is 2.